The summed E-state index contributed by atoms with van der Waals surface area (Å²) in [6, 6.07) is 14.3. The van der Waals surface area contributed by atoms with Crippen LogP contribution in [0.3, 0.4) is 0 Å². The fraction of sp³-hybridized carbons (Fsp3) is 0.617. The summed E-state index contributed by atoms with van der Waals surface area (Å²) in [6.07, 6.45) is -14.9. The number of rotatable bonds is 17. The molecule has 4 fully saturated rings. The highest BCUT2D eigenvalue weighted by molar-refractivity contribution is 8.03. The maximum atomic E-state index is 13.0. The van der Waals surface area contributed by atoms with E-state index < -0.39 is 129 Å². The predicted molar refractivity (Wildman–Crippen MR) is 252 cm³/mol. The number of hydrogen-bond acceptors (Lipinski definition) is 21. The van der Waals surface area contributed by atoms with Gasteiger partial charge in [-0.15, -0.1) is 0 Å². The van der Waals surface area contributed by atoms with Crippen LogP contribution in [0.5, 0.6) is 0 Å². The average Bonchev–Trinajstić information content (AvgIpc) is 3.84. The standard InChI is InChI=1S/C47H67N7O15S/c1-53-27-11-6-7-12-31(27)70-33(53)17-22-14-16-54(26-10-5-4-9-23(22)26)15-8-2-3-13-32(57)52-19-28-37(59)39(61)34(50)45(64-28)68-43-30(21-56)66-47(41(43)63)69-44-36(58)24(48)18-25(49)42(44)67-46-35(51)40(62)38(60)29(20-55)65-46/h4-7,9-12,14,16-17,24-25,28-30,34-47,55-56,58-63H,2-3,8,13,15,18-21,48-51H2,1H3/p+1/t24-,25+,28+,29-,30-,34-,35-,36+,37-,38-,39-,40-,41-,42-,43-,44-,45-,46-,47+/m1/s1. The SMILES string of the molecule is CN1/C(=C/c2cc[n+](CCCCCC(=O)NC[C@@H]3O[C@H](O[C@H]4[C@@H](O)[C@H](O[C@@H]5[C@@H](O)[C@H](N)C[C@H](N)[C@H]5O[C@H]5O[C@H](CO)[C@@H](O)[C@H](O)[C@H]5N)O[C@@H]4CO)[C@H](N)[C@@H](O)[C@@H]3O)c3ccccc23)Sc2ccccc21. The first kappa shape index (κ1) is 52.8. The van der Waals surface area contributed by atoms with Gasteiger partial charge in [0, 0.05) is 55.5 Å². The second-order valence-electron chi connectivity index (χ2n) is 18.7. The van der Waals surface area contributed by atoms with Crippen molar-refractivity contribution in [3.8, 4) is 0 Å². The Morgan fingerprint density at radius 1 is 0.729 bits per heavy atom. The summed E-state index contributed by atoms with van der Waals surface area (Å²) < 4.78 is 37.7. The van der Waals surface area contributed by atoms with Gasteiger partial charge in [0.25, 0.3) is 0 Å². The van der Waals surface area contributed by atoms with E-state index in [4.69, 9.17) is 51.4 Å². The summed E-state index contributed by atoms with van der Waals surface area (Å²) >= 11 is 1.75. The third-order valence-electron chi connectivity index (χ3n) is 13.9. The van der Waals surface area contributed by atoms with Gasteiger partial charge in [0.2, 0.25) is 11.4 Å². The van der Waals surface area contributed by atoms with E-state index in [0.29, 0.717) is 6.42 Å². The van der Waals surface area contributed by atoms with E-state index in [9.17, 15) is 45.6 Å². The van der Waals surface area contributed by atoms with Crippen LogP contribution in [0.1, 0.15) is 37.7 Å². The van der Waals surface area contributed by atoms with Crippen LogP contribution in [0.4, 0.5) is 5.69 Å². The second kappa shape index (κ2) is 23.1. The van der Waals surface area contributed by atoms with Gasteiger partial charge in [0.1, 0.15) is 73.7 Å². The first-order valence-corrected chi connectivity index (χ1v) is 24.6. The molecule has 2 aromatic carbocycles. The van der Waals surface area contributed by atoms with Crippen molar-refractivity contribution in [1.82, 2.24) is 5.32 Å². The summed E-state index contributed by atoms with van der Waals surface area (Å²) in [6.45, 7) is -0.843. The monoisotopic (exact) mass is 1000 g/mol. The number of amides is 1. The number of nitrogens with one attached hydrogen (secondary N) is 1. The van der Waals surface area contributed by atoms with E-state index in [-0.39, 0.29) is 25.3 Å². The molecule has 386 valence electrons. The number of fused-ring (bicyclic) bond motifs is 2. The largest absolute Gasteiger partial charge is 0.394 e. The number of aryl methyl sites for hydroxylation is 1. The molecule has 0 unspecified atom stereocenters. The van der Waals surface area contributed by atoms with Gasteiger partial charge in [0.05, 0.1) is 47.5 Å². The van der Waals surface area contributed by atoms with Crippen molar-refractivity contribution in [2.75, 3.05) is 31.7 Å². The third kappa shape index (κ3) is 11.2. The number of para-hydroxylation sites is 2. The van der Waals surface area contributed by atoms with Gasteiger partial charge in [-0.2, -0.15) is 4.57 Å². The molecule has 1 aromatic heterocycles. The van der Waals surface area contributed by atoms with E-state index in [2.05, 4.69) is 64.4 Å². The Morgan fingerprint density at radius 2 is 1.36 bits per heavy atom. The van der Waals surface area contributed by atoms with Crippen molar-refractivity contribution in [2.24, 2.45) is 22.9 Å². The summed E-state index contributed by atoms with van der Waals surface area (Å²) in [4.78, 5) is 16.4. The van der Waals surface area contributed by atoms with Crippen LogP contribution in [0, 0.1) is 0 Å². The number of aromatic nitrogens is 1. The Morgan fingerprint density at radius 3 is 2.07 bits per heavy atom. The number of aliphatic hydroxyl groups excluding tert-OH is 8. The molecule has 0 spiro atoms. The van der Waals surface area contributed by atoms with Gasteiger partial charge < -0.3 is 102 Å². The number of carbonyl (C=O) groups is 1. The minimum Gasteiger partial charge on any atom is -0.394 e. The highest BCUT2D eigenvalue weighted by atomic mass is 32.2. The molecule has 70 heavy (non-hydrogen) atoms. The molecule has 0 radical (unpaired) electrons. The van der Waals surface area contributed by atoms with Crippen molar-refractivity contribution in [3.05, 3.63) is 71.4 Å². The number of nitrogens with two attached hydrogens (primary N) is 4. The Hall–Kier alpha value is -3.51. The molecule has 17 N–H and O–H groups in total. The van der Waals surface area contributed by atoms with Crippen LogP contribution in [-0.4, -0.2) is 190 Å². The van der Waals surface area contributed by atoms with Gasteiger partial charge in [-0.25, -0.2) is 0 Å². The summed E-state index contributed by atoms with van der Waals surface area (Å²) in [5.41, 5.74) is 28.3. The molecule has 5 heterocycles. The van der Waals surface area contributed by atoms with E-state index in [1.807, 2.05) is 24.3 Å². The lowest BCUT2D eigenvalue weighted by Gasteiger charge is -2.47. The van der Waals surface area contributed by atoms with Crippen LogP contribution in [0.25, 0.3) is 17.0 Å². The molecule has 8 rings (SSSR count). The Kier molecular flexibility index (Phi) is 17.5. The molecule has 3 saturated heterocycles. The number of benzene rings is 2. The quantitative estimate of drug-likeness (QED) is 0.0462. The van der Waals surface area contributed by atoms with Crippen molar-refractivity contribution in [2.45, 2.75) is 160 Å². The molecule has 22 nitrogen and oxygen atoms in total. The minimum atomic E-state index is -1.70. The molecule has 4 aliphatic heterocycles. The molecule has 23 heteroatoms. The summed E-state index contributed by atoms with van der Waals surface area (Å²) in [7, 11) is 2.08. The Bertz CT molecular complexity index is 2270. The van der Waals surface area contributed by atoms with Crippen molar-refractivity contribution in [3.63, 3.8) is 0 Å². The van der Waals surface area contributed by atoms with Crippen molar-refractivity contribution in [1.29, 1.82) is 0 Å². The maximum Gasteiger partial charge on any atom is 0.220 e. The average molecular weight is 1000 g/mol. The molecule has 1 amide bonds. The number of nitrogens with zero attached hydrogens (tertiary/aromatic N) is 2. The molecule has 1 aliphatic carbocycles. The molecular weight excluding hydrogens is 935 g/mol. The number of anilines is 1. The Labute approximate surface area is 409 Å². The zero-order chi connectivity index (χ0) is 50.0. The number of hydrogen-bond donors (Lipinski definition) is 13. The molecule has 5 aliphatic rings. The highest BCUT2D eigenvalue weighted by Crippen LogP contribution is 2.45. The van der Waals surface area contributed by atoms with E-state index in [1.54, 1.807) is 11.8 Å². The topological polar surface area (TPSA) is 358 Å². The van der Waals surface area contributed by atoms with Crippen LogP contribution < -0.4 is 37.7 Å². The normalized spacial score (nSPS) is 38.3. The molecule has 3 aromatic rings. The lowest BCUT2D eigenvalue weighted by Crippen LogP contribution is -2.68. The number of carbonyl (C=O) groups excluding carboxylic acids is 1. The number of pyridine rings is 1. The number of aliphatic hydroxyl groups is 8. The minimum absolute atomic E-state index is 0.0366. The van der Waals surface area contributed by atoms with Gasteiger partial charge in [-0.05, 0) is 49.1 Å². The van der Waals surface area contributed by atoms with Crippen LogP contribution in [0.15, 0.2) is 70.7 Å². The van der Waals surface area contributed by atoms with Gasteiger partial charge in [-0.1, -0.05) is 36.0 Å². The molecular formula is C47H68N7O15S+. The predicted octanol–water partition coefficient (Wildman–Crippen LogP) is -3.46. The summed E-state index contributed by atoms with van der Waals surface area (Å²) in [5, 5.41) is 90.3. The van der Waals surface area contributed by atoms with Gasteiger partial charge >= 0.3 is 0 Å². The molecule has 0 bridgehead atoms. The summed E-state index contributed by atoms with van der Waals surface area (Å²) in [5.74, 6) is -0.296. The number of ether oxygens (including phenoxy) is 6. The van der Waals surface area contributed by atoms with E-state index >= 15 is 0 Å². The zero-order valence-corrected chi connectivity index (χ0v) is 39.5. The van der Waals surface area contributed by atoms with Crippen LogP contribution >= 0.6 is 11.8 Å². The highest BCUT2D eigenvalue weighted by Gasteiger charge is 2.54. The first-order chi connectivity index (χ1) is 33.6. The lowest BCUT2D eigenvalue weighted by atomic mass is 9.84. The maximum absolute atomic E-state index is 13.0. The Balaban J connectivity index is 0.823. The van der Waals surface area contributed by atoms with Crippen LogP contribution in [0.2, 0.25) is 0 Å². The smallest absolute Gasteiger partial charge is 0.220 e. The van der Waals surface area contributed by atoms with Gasteiger partial charge in [0.15, 0.2) is 25.1 Å². The van der Waals surface area contributed by atoms with E-state index in [1.165, 1.54) is 10.6 Å². The van der Waals surface area contributed by atoms with Crippen molar-refractivity contribution >= 4 is 40.3 Å². The molecule has 1 saturated carbocycles. The number of thioether (sulfide) groups is 1. The molecule has 19 atom stereocenters. The second-order valence-corrected chi connectivity index (χ2v) is 19.7. The fourth-order valence-corrected chi connectivity index (χ4v) is 10.8. The van der Waals surface area contributed by atoms with E-state index in [0.717, 1.165) is 40.9 Å². The third-order valence-corrected chi connectivity index (χ3v) is 15.1. The van der Waals surface area contributed by atoms with Gasteiger partial charge in [-0.3, -0.25) is 4.79 Å². The first-order valence-electron chi connectivity index (χ1n) is 23.8. The zero-order valence-electron chi connectivity index (χ0n) is 38.7. The van der Waals surface area contributed by atoms with Crippen LogP contribution in [-0.2, 0) is 39.8 Å². The number of unbranched alkanes of at least 4 members (excludes halogenated alkanes) is 2. The van der Waals surface area contributed by atoms with Crippen molar-refractivity contribution < 1.29 is 78.6 Å². The lowest BCUT2D eigenvalue weighted by molar-refractivity contribution is -0.671. The fourth-order valence-electron chi connectivity index (χ4n) is 9.73.